The summed E-state index contributed by atoms with van der Waals surface area (Å²) < 4.78 is 0. The van der Waals surface area contributed by atoms with E-state index >= 15 is 0 Å². The maximum absolute atomic E-state index is 10.2. The van der Waals surface area contributed by atoms with Crippen LogP contribution in [0, 0.1) is 52.3 Å². The summed E-state index contributed by atoms with van der Waals surface area (Å²) in [5.41, 5.74) is 2.51. The standard InChI is InChI=1S/C29H48O/c1-7-21(19(2)3)9-8-20(4)25-12-13-26-24-11-10-22-18-23(30)14-16-28(22,5)27(24)15-17-29(25,26)6/h8-10,19-21,23-27,30H,7,11-18H2,1-6H3/b9-8+/t20-,21-,23+,24+,25-,26-,27-,28+,29-/m1/s1. The van der Waals surface area contributed by atoms with Crippen LogP contribution in [0.15, 0.2) is 23.8 Å². The van der Waals surface area contributed by atoms with Gasteiger partial charge in [-0.05, 0) is 110 Å². The van der Waals surface area contributed by atoms with E-state index in [4.69, 9.17) is 0 Å². The number of aliphatic hydroxyl groups is 1. The number of fused-ring (bicyclic) bond motifs is 5. The van der Waals surface area contributed by atoms with E-state index in [-0.39, 0.29) is 6.10 Å². The Morgan fingerprint density at radius 3 is 2.50 bits per heavy atom. The first kappa shape index (κ1) is 22.6. The van der Waals surface area contributed by atoms with Crippen molar-refractivity contribution in [1.29, 1.82) is 0 Å². The fraction of sp³-hybridized carbons (Fsp3) is 0.862. The van der Waals surface area contributed by atoms with Crippen LogP contribution in [0.2, 0.25) is 0 Å². The largest absolute Gasteiger partial charge is 0.393 e. The Labute approximate surface area is 186 Å². The Hall–Kier alpha value is -0.560. The summed E-state index contributed by atoms with van der Waals surface area (Å²) in [6.45, 7) is 14.8. The summed E-state index contributed by atoms with van der Waals surface area (Å²) in [6, 6.07) is 0. The lowest BCUT2D eigenvalue weighted by Gasteiger charge is -2.58. The second-order valence-electron chi connectivity index (χ2n) is 12.4. The molecule has 3 fully saturated rings. The molecule has 3 saturated carbocycles. The van der Waals surface area contributed by atoms with Crippen LogP contribution in [0.5, 0.6) is 0 Å². The number of rotatable bonds is 5. The quantitative estimate of drug-likeness (QED) is 0.457. The van der Waals surface area contributed by atoms with Crippen molar-refractivity contribution >= 4 is 0 Å². The lowest BCUT2D eigenvalue weighted by molar-refractivity contribution is -0.0540. The van der Waals surface area contributed by atoms with Crippen LogP contribution in [0.1, 0.15) is 99.3 Å². The van der Waals surface area contributed by atoms with Gasteiger partial charge in [-0.25, -0.2) is 0 Å². The Kier molecular flexibility index (Phi) is 6.35. The van der Waals surface area contributed by atoms with Crippen LogP contribution in [0.4, 0.5) is 0 Å². The second-order valence-corrected chi connectivity index (χ2v) is 12.4. The third kappa shape index (κ3) is 3.66. The van der Waals surface area contributed by atoms with Crippen molar-refractivity contribution in [2.24, 2.45) is 52.3 Å². The smallest absolute Gasteiger partial charge is 0.0577 e. The van der Waals surface area contributed by atoms with Crippen molar-refractivity contribution in [3.63, 3.8) is 0 Å². The van der Waals surface area contributed by atoms with Gasteiger partial charge in [0, 0.05) is 0 Å². The zero-order valence-electron chi connectivity index (χ0n) is 20.7. The van der Waals surface area contributed by atoms with Gasteiger partial charge < -0.3 is 5.11 Å². The average molecular weight is 413 g/mol. The minimum Gasteiger partial charge on any atom is -0.393 e. The maximum atomic E-state index is 10.2. The maximum Gasteiger partial charge on any atom is 0.0577 e. The van der Waals surface area contributed by atoms with E-state index in [1.807, 2.05) is 0 Å². The van der Waals surface area contributed by atoms with Gasteiger partial charge in [-0.1, -0.05) is 65.3 Å². The van der Waals surface area contributed by atoms with Gasteiger partial charge in [0.2, 0.25) is 0 Å². The molecule has 0 heterocycles. The Bertz CT molecular complexity index is 674. The van der Waals surface area contributed by atoms with Gasteiger partial charge in [-0.15, -0.1) is 0 Å². The molecule has 1 heteroatoms. The van der Waals surface area contributed by atoms with Crippen LogP contribution in [-0.2, 0) is 0 Å². The molecule has 0 unspecified atom stereocenters. The number of hydrogen-bond acceptors (Lipinski definition) is 1. The monoisotopic (exact) mass is 412 g/mol. The first-order chi connectivity index (χ1) is 14.2. The highest BCUT2D eigenvalue weighted by molar-refractivity contribution is 5.25. The van der Waals surface area contributed by atoms with Crippen molar-refractivity contribution in [1.82, 2.24) is 0 Å². The average Bonchev–Trinajstić information content (AvgIpc) is 3.06. The fourth-order valence-electron chi connectivity index (χ4n) is 8.83. The highest BCUT2D eigenvalue weighted by Gasteiger charge is 2.58. The van der Waals surface area contributed by atoms with E-state index in [1.54, 1.807) is 5.57 Å². The van der Waals surface area contributed by atoms with Crippen LogP contribution < -0.4 is 0 Å². The number of hydrogen-bond donors (Lipinski definition) is 1. The summed E-state index contributed by atoms with van der Waals surface area (Å²) in [6.07, 6.45) is 19.1. The molecule has 4 rings (SSSR count). The van der Waals surface area contributed by atoms with E-state index in [0.717, 1.165) is 48.3 Å². The molecular weight excluding hydrogens is 364 g/mol. The van der Waals surface area contributed by atoms with E-state index in [0.29, 0.717) is 16.7 Å². The molecule has 1 N–H and O–H groups in total. The van der Waals surface area contributed by atoms with Crippen molar-refractivity contribution in [2.75, 3.05) is 0 Å². The van der Waals surface area contributed by atoms with E-state index < -0.39 is 0 Å². The predicted octanol–water partition coefficient (Wildman–Crippen LogP) is 7.80. The molecular formula is C29H48O. The minimum atomic E-state index is -0.0870. The van der Waals surface area contributed by atoms with Gasteiger partial charge >= 0.3 is 0 Å². The summed E-state index contributed by atoms with van der Waals surface area (Å²) in [7, 11) is 0. The first-order valence-corrected chi connectivity index (χ1v) is 13.3. The summed E-state index contributed by atoms with van der Waals surface area (Å²) in [5, 5.41) is 10.2. The van der Waals surface area contributed by atoms with Crippen molar-refractivity contribution in [3.05, 3.63) is 23.8 Å². The molecule has 0 aliphatic heterocycles. The van der Waals surface area contributed by atoms with Gasteiger partial charge in [-0.2, -0.15) is 0 Å². The van der Waals surface area contributed by atoms with Gasteiger partial charge in [0.1, 0.15) is 0 Å². The third-order valence-corrected chi connectivity index (χ3v) is 10.8. The van der Waals surface area contributed by atoms with Crippen molar-refractivity contribution < 1.29 is 5.11 Å². The third-order valence-electron chi connectivity index (χ3n) is 10.8. The molecule has 0 spiro atoms. The molecule has 0 aromatic heterocycles. The normalized spacial score (nSPS) is 45.6. The first-order valence-electron chi connectivity index (χ1n) is 13.3. The SMILES string of the molecule is CC[C@H](/C=C/[C@@H](C)[C@H]1CC[C@@H]2[C@@H]3CC=C4C[C@@H](O)CC[C@]4(C)[C@@H]3CC[C@@]21C)C(C)C. The molecule has 0 aromatic carbocycles. The highest BCUT2D eigenvalue weighted by Crippen LogP contribution is 2.67. The summed E-state index contributed by atoms with van der Waals surface area (Å²) in [4.78, 5) is 0. The predicted molar refractivity (Wildman–Crippen MR) is 128 cm³/mol. The Morgan fingerprint density at radius 2 is 1.80 bits per heavy atom. The Balaban J connectivity index is 1.52. The van der Waals surface area contributed by atoms with Crippen LogP contribution in [0.25, 0.3) is 0 Å². The second kappa shape index (κ2) is 8.42. The molecule has 30 heavy (non-hydrogen) atoms. The fourth-order valence-corrected chi connectivity index (χ4v) is 8.83. The van der Waals surface area contributed by atoms with Crippen LogP contribution in [-0.4, -0.2) is 11.2 Å². The molecule has 4 aliphatic rings. The van der Waals surface area contributed by atoms with E-state index in [2.05, 4.69) is 59.8 Å². The molecule has 1 nitrogen and oxygen atoms in total. The number of allylic oxidation sites excluding steroid dienone is 3. The van der Waals surface area contributed by atoms with Gasteiger partial charge in [0.25, 0.3) is 0 Å². The molecule has 0 aromatic rings. The minimum absolute atomic E-state index is 0.0870. The molecule has 0 amide bonds. The van der Waals surface area contributed by atoms with Gasteiger partial charge in [-0.3, -0.25) is 0 Å². The summed E-state index contributed by atoms with van der Waals surface area (Å²) >= 11 is 0. The van der Waals surface area contributed by atoms with Crippen molar-refractivity contribution in [3.8, 4) is 0 Å². The molecule has 170 valence electrons. The topological polar surface area (TPSA) is 20.2 Å². The van der Waals surface area contributed by atoms with Gasteiger partial charge in [0.05, 0.1) is 6.10 Å². The van der Waals surface area contributed by atoms with Gasteiger partial charge in [0.15, 0.2) is 0 Å². The zero-order valence-corrected chi connectivity index (χ0v) is 20.7. The Morgan fingerprint density at radius 1 is 1.03 bits per heavy atom. The lowest BCUT2D eigenvalue weighted by Crippen LogP contribution is -2.50. The van der Waals surface area contributed by atoms with Crippen LogP contribution >= 0.6 is 0 Å². The van der Waals surface area contributed by atoms with Crippen LogP contribution in [0.3, 0.4) is 0 Å². The number of aliphatic hydroxyl groups excluding tert-OH is 1. The summed E-state index contributed by atoms with van der Waals surface area (Å²) in [5.74, 6) is 5.70. The molecule has 0 bridgehead atoms. The zero-order chi connectivity index (χ0) is 21.7. The molecule has 9 atom stereocenters. The molecule has 4 aliphatic carbocycles. The lowest BCUT2D eigenvalue weighted by atomic mass is 9.47. The van der Waals surface area contributed by atoms with Crippen molar-refractivity contribution in [2.45, 2.75) is 105 Å². The molecule has 0 saturated heterocycles. The van der Waals surface area contributed by atoms with E-state index in [9.17, 15) is 5.11 Å². The molecule has 0 radical (unpaired) electrons. The highest BCUT2D eigenvalue weighted by atomic mass is 16.3. The van der Waals surface area contributed by atoms with E-state index in [1.165, 1.54) is 44.9 Å².